The molecule has 3 nitrogen and oxygen atoms in total. The van der Waals surface area contributed by atoms with E-state index in [0.29, 0.717) is 0 Å². The summed E-state index contributed by atoms with van der Waals surface area (Å²) < 4.78 is 11.2. The van der Waals surface area contributed by atoms with Gasteiger partial charge in [0.05, 0.1) is 12.2 Å². The normalized spacial score (nSPS) is 21.5. The highest BCUT2D eigenvalue weighted by Crippen LogP contribution is 2.68. The Morgan fingerprint density at radius 3 is 2.35 bits per heavy atom. The number of rotatable bonds is 5. The summed E-state index contributed by atoms with van der Waals surface area (Å²) >= 11 is 0. The zero-order valence-electron chi connectivity index (χ0n) is 13.4. The number of aryl methyl sites for hydroxylation is 1. The molecule has 1 aliphatic carbocycles. The Labute approximate surface area is 121 Å². The van der Waals surface area contributed by atoms with Crippen molar-refractivity contribution in [3.8, 4) is 0 Å². The van der Waals surface area contributed by atoms with Crippen LogP contribution >= 0.6 is 0 Å². The van der Waals surface area contributed by atoms with Gasteiger partial charge in [0.2, 0.25) is 0 Å². The van der Waals surface area contributed by atoms with Crippen LogP contribution in [0.4, 0.5) is 0 Å². The van der Waals surface area contributed by atoms with Crippen LogP contribution in [0.5, 0.6) is 0 Å². The lowest BCUT2D eigenvalue weighted by Gasteiger charge is -2.17. The van der Waals surface area contributed by atoms with Crippen LogP contribution in [0.15, 0.2) is 16.7 Å². The number of carbonyl (C=O) groups excluding carboxylic acids is 1. The highest BCUT2D eigenvalue weighted by Gasteiger charge is 2.69. The van der Waals surface area contributed by atoms with E-state index in [0.717, 1.165) is 24.2 Å². The van der Waals surface area contributed by atoms with Crippen LogP contribution in [0.3, 0.4) is 0 Å². The average Bonchev–Trinajstić information content (AvgIpc) is 2.64. The Balaban J connectivity index is 2.11. The van der Waals surface area contributed by atoms with Crippen molar-refractivity contribution in [2.45, 2.75) is 60.5 Å². The molecule has 0 N–H and O–H groups in total. The largest absolute Gasteiger partial charge is 0.469 e. The van der Waals surface area contributed by atoms with Crippen LogP contribution in [0, 0.1) is 23.7 Å². The topological polar surface area (TPSA) is 39.4 Å². The van der Waals surface area contributed by atoms with Crippen LogP contribution in [-0.4, -0.2) is 5.97 Å². The third-order valence-corrected chi connectivity index (χ3v) is 5.31. The zero-order valence-corrected chi connectivity index (χ0v) is 13.4. The summed E-state index contributed by atoms with van der Waals surface area (Å²) in [5, 5.41) is 0. The minimum Gasteiger partial charge on any atom is -0.469 e. The first-order valence-corrected chi connectivity index (χ1v) is 7.48. The fourth-order valence-electron chi connectivity index (χ4n) is 3.26. The Morgan fingerprint density at radius 1 is 1.35 bits per heavy atom. The first-order valence-electron chi connectivity index (χ1n) is 7.48. The molecule has 3 heteroatoms. The van der Waals surface area contributed by atoms with Gasteiger partial charge in [-0.2, -0.15) is 0 Å². The molecule has 0 spiro atoms. The number of carbonyl (C=O) groups is 1. The number of ether oxygens (including phenoxy) is 1. The molecule has 1 unspecified atom stereocenters. The van der Waals surface area contributed by atoms with E-state index in [2.05, 4.69) is 34.6 Å². The molecule has 1 fully saturated rings. The maximum atomic E-state index is 12.5. The van der Waals surface area contributed by atoms with Crippen molar-refractivity contribution >= 4 is 5.97 Å². The lowest BCUT2D eigenvalue weighted by Crippen LogP contribution is -2.16. The van der Waals surface area contributed by atoms with Crippen LogP contribution in [0.2, 0.25) is 0 Å². The highest BCUT2D eigenvalue weighted by atomic mass is 16.5. The molecule has 1 heterocycles. The second-order valence-corrected chi connectivity index (χ2v) is 7.02. The molecule has 0 aliphatic heterocycles. The fraction of sp³-hybridized carbons (Fsp3) is 0.706. The molecule has 0 bridgehead atoms. The van der Waals surface area contributed by atoms with Crippen molar-refractivity contribution in [2.24, 2.45) is 16.7 Å². The summed E-state index contributed by atoms with van der Waals surface area (Å²) in [6, 6.07) is 1.91. The van der Waals surface area contributed by atoms with Crippen molar-refractivity contribution in [3.05, 3.63) is 23.7 Å². The van der Waals surface area contributed by atoms with Crippen LogP contribution in [0.1, 0.15) is 64.9 Å². The van der Waals surface area contributed by atoms with Crippen molar-refractivity contribution in [1.82, 2.24) is 0 Å². The van der Waals surface area contributed by atoms with Gasteiger partial charge in [-0.3, -0.25) is 4.79 Å². The lowest BCUT2D eigenvalue weighted by atomic mass is 10.0. The summed E-state index contributed by atoms with van der Waals surface area (Å²) in [5.74, 6) is 0.756. The van der Waals surface area contributed by atoms with E-state index in [-0.39, 0.29) is 28.8 Å². The third-order valence-electron chi connectivity index (χ3n) is 5.31. The summed E-state index contributed by atoms with van der Waals surface area (Å²) in [5.41, 5.74) is 1.04. The molecule has 2 rings (SSSR count). The van der Waals surface area contributed by atoms with E-state index in [4.69, 9.17) is 9.15 Å². The Bertz CT molecular complexity index is 482. The zero-order chi connectivity index (χ0) is 15.1. The van der Waals surface area contributed by atoms with Gasteiger partial charge in [0.1, 0.15) is 11.9 Å². The van der Waals surface area contributed by atoms with Gasteiger partial charge in [0, 0.05) is 5.56 Å². The molecule has 20 heavy (non-hydrogen) atoms. The van der Waals surface area contributed by atoms with Gasteiger partial charge in [-0.1, -0.05) is 41.0 Å². The standard InChI is InChI=1S/C17H26O3/c1-7-8-13(12-9-10-19-11(12)2)20-15(18)14-16(3,4)17(14,5)6/h9-10,13-14H,7-8H2,1-6H3. The third kappa shape index (κ3) is 2.27. The lowest BCUT2D eigenvalue weighted by molar-refractivity contribution is -0.153. The predicted octanol–water partition coefficient (Wildman–Crippen LogP) is 4.65. The van der Waals surface area contributed by atoms with Gasteiger partial charge in [-0.15, -0.1) is 0 Å². The van der Waals surface area contributed by atoms with Crippen molar-refractivity contribution in [1.29, 1.82) is 0 Å². The Kier molecular flexibility index (Phi) is 3.74. The second kappa shape index (κ2) is 4.94. The van der Waals surface area contributed by atoms with Crippen molar-refractivity contribution in [3.63, 3.8) is 0 Å². The van der Waals surface area contributed by atoms with Gasteiger partial charge in [0.25, 0.3) is 0 Å². The quantitative estimate of drug-likeness (QED) is 0.736. The number of esters is 1. The molecule has 1 saturated carbocycles. The van der Waals surface area contributed by atoms with Crippen LogP contribution < -0.4 is 0 Å². The van der Waals surface area contributed by atoms with E-state index >= 15 is 0 Å². The molecule has 112 valence electrons. The maximum Gasteiger partial charge on any atom is 0.310 e. The summed E-state index contributed by atoms with van der Waals surface area (Å²) in [4.78, 5) is 12.5. The monoisotopic (exact) mass is 278 g/mol. The molecule has 1 aliphatic rings. The van der Waals surface area contributed by atoms with Crippen molar-refractivity contribution in [2.75, 3.05) is 0 Å². The molecule has 0 radical (unpaired) electrons. The molecule has 1 atom stereocenters. The first-order chi connectivity index (χ1) is 9.23. The SMILES string of the molecule is CCCC(OC(=O)C1C(C)(C)C1(C)C)c1ccoc1C. The minimum absolute atomic E-state index is 0.0124. The van der Waals surface area contributed by atoms with Gasteiger partial charge in [0.15, 0.2) is 0 Å². The predicted molar refractivity (Wildman–Crippen MR) is 78.2 cm³/mol. The summed E-state index contributed by atoms with van der Waals surface area (Å²) in [6.45, 7) is 12.6. The second-order valence-electron chi connectivity index (χ2n) is 7.02. The van der Waals surface area contributed by atoms with Gasteiger partial charge in [-0.25, -0.2) is 0 Å². The number of furan rings is 1. The smallest absolute Gasteiger partial charge is 0.310 e. The number of hydrogen-bond donors (Lipinski definition) is 0. The van der Waals surface area contributed by atoms with E-state index < -0.39 is 0 Å². The van der Waals surface area contributed by atoms with E-state index in [1.165, 1.54) is 0 Å². The molecule has 0 saturated heterocycles. The van der Waals surface area contributed by atoms with E-state index in [9.17, 15) is 4.79 Å². The highest BCUT2D eigenvalue weighted by molar-refractivity contribution is 5.79. The first kappa shape index (κ1) is 15.1. The van der Waals surface area contributed by atoms with Gasteiger partial charge in [-0.05, 0) is 30.2 Å². The van der Waals surface area contributed by atoms with E-state index in [1.807, 2.05) is 13.0 Å². The molecule has 1 aromatic rings. The van der Waals surface area contributed by atoms with Crippen LogP contribution in [0.25, 0.3) is 0 Å². The Hall–Kier alpha value is -1.25. The van der Waals surface area contributed by atoms with Crippen molar-refractivity contribution < 1.29 is 13.9 Å². The molecule has 0 aromatic carbocycles. The average molecular weight is 278 g/mol. The maximum absolute atomic E-state index is 12.5. The van der Waals surface area contributed by atoms with Crippen LogP contribution in [-0.2, 0) is 9.53 Å². The summed E-state index contributed by atoms with van der Waals surface area (Å²) in [6.07, 6.45) is 3.28. The van der Waals surface area contributed by atoms with E-state index in [1.54, 1.807) is 6.26 Å². The van der Waals surface area contributed by atoms with Gasteiger partial charge < -0.3 is 9.15 Å². The van der Waals surface area contributed by atoms with Gasteiger partial charge >= 0.3 is 5.97 Å². The Morgan fingerprint density at radius 2 is 1.95 bits per heavy atom. The summed E-state index contributed by atoms with van der Waals surface area (Å²) in [7, 11) is 0. The number of hydrogen-bond acceptors (Lipinski definition) is 3. The fourth-order valence-corrected chi connectivity index (χ4v) is 3.26. The minimum atomic E-state index is -0.182. The molecule has 0 amide bonds. The molecular formula is C17H26O3. The molecular weight excluding hydrogens is 252 g/mol. The molecule has 1 aromatic heterocycles.